The SMILES string of the molecule is COc1ccnc(C(=O)C[C@@H](C)C(=O)O[C@@H](C)[C@@H](C)c2ccccc2C)c1O.COc1ccnc(C(=O)C[C@@H](C)C(=O)O[C@@H](C)[C@@H](C)c2ccccc2C)c1OCOC(C)=O. The maximum Gasteiger partial charge on any atom is 0.309 e. The van der Waals surface area contributed by atoms with Crippen LogP contribution in [0, 0.1) is 25.7 Å². The lowest BCUT2D eigenvalue weighted by molar-refractivity contribution is -0.154. The summed E-state index contributed by atoms with van der Waals surface area (Å²) in [7, 11) is 2.81. The second-order valence-electron chi connectivity index (χ2n) is 14.9. The van der Waals surface area contributed by atoms with E-state index in [9.17, 15) is 29.1 Å². The van der Waals surface area contributed by atoms with Crippen molar-refractivity contribution in [3.63, 3.8) is 0 Å². The minimum atomic E-state index is -0.696. The standard InChI is InChI=1S/C25H31NO7.C22H27NO5/c1-15-9-7-8-10-20(15)17(3)18(4)33-25(29)16(2)13-21(28)23-24(32-14-31-19(5)27)22(30-6)11-12-26-23;1-13-8-6-7-9-17(13)15(3)16(4)28-22(26)14(2)12-18(24)20-21(25)19(27-5)10-11-23-20/h7-12,16-18H,13-14H2,1-6H3;6-11,14-16,25H,12H2,1-5H3/t16-,17-,18+;14-,15-,16+/m11/s1. The first-order valence-electron chi connectivity index (χ1n) is 20.0. The number of benzene rings is 2. The number of esters is 3. The van der Waals surface area contributed by atoms with Crippen LogP contribution in [0.2, 0.25) is 0 Å². The molecule has 0 aliphatic heterocycles. The summed E-state index contributed by atoms with van der Waals surface area (Å²) in [5, 5.41) is 10.1. The molecular formula is C47H58N2O12. The molecule has 6 atom stereocenters. The molecular weight excluding hydrogens is 785 g/mol. The summed E-state index contributed by atoms with van der Waals surface area (Å²) in [6.07, 6.45) is 1.83. The summed E-state index contributed by atoms with van der Waals surface area (Å²) in [5.41, 5.74) is 4.37. The number of aromatic nitrogens is 2. The van der Waals surface area contributed by atoms with Crippen LogP contribution in [0.4, 0.5) is 0 Å². The van der Waals surface area contributed by atoms with Gasteiger partial charge >= 0.3 is 17.9 Å². The normalized spacial score (nSPS) is 13.7. The van der Waals surface area contributed by atoms with Crippen LogP contribution in [0.1, 0.15) is 116 Å². The Morgan fingerprint density at radius 1 is 0.623 bits per heavy atom. The fourth-order valence-electron chi connectivity index (χ4n) is 6.33. The van der Waals surface area contributed by atoms with Crippen molar-refractivity contribution in [2.24, 2.45) is 11.8 Å². The molecule has 2 aromatic carbocycles. The van der Waals surface area contributed by atoms with Crippen LogP contribution in [0.15, 0.2) is 73.1 Å². The third kappa shape index (κ3) is 13.9. The lowest BCUT2D eigenvalue weighted by Gasteiger charge is -2.23. The number of nitrogens with zero attached hydrogens (tertiary/aromatic N) is 2. The number of pyridine rings is 2. The molecule has 14 nitrogen and oxygen atoms in total. The molecule has 0 unspecified atom stereocenters. The predicted molar refractivity (Wildman–Crippen MR) is 227 cm³/mol. The highest BCUT2D eigenvalue weighted by atomic mass is 16.7. The Morgan fingerprint density at radius 3 is 1.49 bits per heavy atom. The van der Waals surface area contributed by atoms with E-state index < -0.39 is 48.1 Å². The molecule has 0 saturated heterocycles. The lowest BCUT2D eigenvalue weighted by Crippen LogP contribution is -2.26. The molecule has 14 heteroatoms. The predicted octanol–water partition coefficient (Wildman–Crippen LogP) is 8.29. The van der Waals surface area contributed by atoms with Gasteiger partial charge in [0.1, 0.15) is 12.2 Å². The number of methoxy groups -OCH3 is 2. The minimum absolute atomic E-state index is 0.000573. The van der Waals surface area contributed by atoms with Gasteiger partial charge < -0.3 is 33.5 Å². The number of hydrogen-bond donors (Lipinski definition) is 1. The molecule has 328 valence electrons. The molecule has 4 aromatic rings. The maximum absolute atomic E-state index is 12.9. The van der Waals surface area contributed by atoms with E-state index >= 15 is 0 Å². The first kappa shape index (κ1) is 49.1. The molecule has 0 saturated carbocycles. The topological polar surface area (TPSA) is 187 Å². The van der Waals surface area contributed by atoms with Gasteiger partial charge in [-0.25, -0.2) is 9.97 Å². The molecule has 0 amide bonds. The third-order valence-electron chi connectivity index (χ3n) is 10.3. The van der Waals surface area contributed by atoms with E-state index in [1.54, 1.807) is 13.8 Å². The van der Waals surface area contributed by atoms with Crippen LogP contribution in [0.5, 0.6) is 23.0 Å². The van der Waals surface area contributed by atoms with Gasteiger partial charge in [0.15, 0.2) is 46.0 Å². The highest BCUT2D eigenvalue weighted by Crippen LogP contribution is 2.33. The van der Waals surface area contributed by atoms with Gasteiger partial charge in [-0.15, -0.1) is 0 Å². The summed E-state index contributed by atoms with van der Waals surface area (Å²) in [6.45, 7) is 15.8. The fraction of sp³-hybridized carbons (Fsp3) is 0.426. The number of aryl methyl sites for hydroxylation is 2. The molecule has 0 fully saturated rings. The zero-order valence-electron chi connectivity index (χ0n) is 36.8. The van der Waals surface area contributed by atoms with Crippen molar-refractivity contribution in [2.45, 2.75) is 99.2 Å². The summed E-state index contributed by atoms with van der Waals surface area (Å²) < 4.78 is 31.7. The maximum atomic E-state index is 12.9. The Morgan fingerprint density at radius 2 is 1.05 bits per heavy atom. The lowest BCUT2D eigenvalue weighted by atomic mass is 9.92. The zero-order valence-corrected chi connectivity index (χ0v) is 36.8. The van der Waals surface area contributed by atoms with E-state index in [0.29, 0.717) is 0 Å². The van der Waals surface area contributed by atoms with E-state index in [2.05, 4.69) is 9.97 Å². The molecule has 1 N–H and O–H groups in total. The molecule has 4 rings (SSSR count). The average molecular weight is 843 g/mol. The Kier molecular flexibility index (Phi) is 18.9. The van der Waals surface area contributed by atoms with Crippen LogP contribution >= 0.6 is 0 Å². The van der Waals surface area contributed by atoms with Crippen molar-refractivity contribution in [2.75, 3.05) is 21.0 Å². The smallest absolute Gasteiger partial charge is 0.309 e. The van der Waals surface area contributed by atoms with Crippen LogP contribution < -0.4 is 14.2 Å². The van der Waals surface area contributed by atoms with Crippen molar-refractivity contribution in [3.8, 4) is 23.0 Å². The van der Waals surface area contributed by atoms with Crippen LogP contribution in [-0.4, -0.2) is 77.8 Å². The van der Waals surface area contributed by atoms with Crippen molar-refractivity contribution < 1.29 is 57.5 Å². The van der Waals surface area contributed by atoms with Crippen LogP contribution in [-0.2, 0) is 28.6 Å². The third-order valence-corrected chi connectivity index (χ3v) is 10.3. The molecule has 2 aromatic heterocycles. The Balaban J connectivity index is 0.000000330. The molecule has 61 heavy (non-hydrogen) atoms. The Bertz CT molecular complexity index is 2140. The second-order valence-corrected chi connectivity index (χ2v) is 14.9. The number of rotatable bonds is 19. The first-order chi connectivity index (χ1) is 28.9. The van der Waals surface area contributed by atoms with Gasteiger partial charge in [0, 0.05) is 56.1 Å². The Hall–Kier alpha value is -6.31. The fourth-order valence-corrected chi connectivity index (χ4v) is 6.33. The summed E-state index contributed by atoms with van der Waals surface area (Å²) in [5.74, 6) is -3.50. The monoisotopic (exact) mass is 842 g/mol. The molecule has 0 aliphatic rings. The van der Waals surface area contributed by atoms with Gasteiger partial charge in [0.25, 0.3) is 0 Å². The molecule has 0 bridgehead atoms. The van der Waals surface area contributed by atoms with Gasteiger partial charge in [-0.05, 0) is 49.9 Å². The molecule has 2 heterocycles. The van der Waals surface area contributed by atoms with Crippen LogP contribution in [0.3, 0.4) is 0 Å². The highest BCUT2D eigenvalue weighted by Gasteiger charge is 2.29. The van der Waals surface area contributed by atoms with Gasteiger partial charge in [-0.3, -0.25) is 24.0 Å². The molecule has 0 radical (unpaired) electrons. The van der Waals surface area contributed by atoms with Gasteiger partial charge in [0.2, 0.25) is 6.79 Å². The largest absolute Gasteiger partial charge is 0.503 e. The summed E-state index contributed by atoms with van der Waals surface area (Å²) in [4.78, 5) is 69.5. The zero-order chi connectivity index (χ0) is 45.4. The van der Waals surface area contributed by atoms with Gasteiger partial charge in [-0.2, -0.15) is 0 Å². The van der Waals surface area contributed by atoms with Crippen molar-refractivity contribution in [3.05, 3.63) is 107 Å². The quantitative estimate of drug-likeness (QED) is 0.0411. The van der Waals surface area contributed by atoms with E-state index in [4.69, 9.17) is 28.4 Å². The van der Waals surface area contributed by atoms with E-state index in [1.807, 2.05) is 90.1 Å². The second kappa shape index (κ2) is 23.5. The highest BCUT2D eigenvalue weighted by molar-refractivity contribution is 6.00. The van der Waals surface area contributed by atoms with Crippen LogP contribution in [0.25, 0.3) is 0 Å². The first-order valence-corrected chi connectivity index (χ1v) is 20.0. The van der Waals surface area contributed by atoms with E-state index in [-0.39, 0.29) is 71.3 Å². The number of hydrogen-bond acceptors (Lipinski definition) is 14. The van der Waals surface area contributed by atoms with Crippen molar-refractivity contribution >= 4 is 29.5 Å². The summed E-state index contributed by atoms with van der Waals surface area (Å²) >= 11 is 0. The number of Topliss-reactive ketones (excluding diaryl/α,β-unsaturated/α-hetero) is 2. The number of carbonyl (C=O) groups is 5. The van der Waals surface area contributed by atoms with E-state index in [0.717, 1.165) is 22.3 Å². The summed E-state index contributed by atoms with van der Waals surface area (Å²) in [6, 6.07) is 18.9. The van der Waals surface area contributed by atoms with Crippen molar-refractivity contribution in [1.82, 2.24) is 9.97 Å². The number of carbonyl (C=O) groups excluding carboxylic acids is 5. The van der Waals surface area contributed by atoms with Crippen molar-refractivity contribution in [1.29, 1.82) is 0 Å². The molecule has 0 aliphatic carbocycles. The Labute approximate surface area is 357 Å². The van der Waals surface area contributed by atoms with E-state index in [1.165, 1.54) is 45.7 Å². The van der Waals surface area contributed by atoms with Gasteiger partial charge in [-0.1, -0.05) is 76.2 Å². The number of ketones is 2. The average Bonchev–Trinajstić information content (AvgIpc) is 3.23. The molecule has 0 spiro atoms. The van der Waals surface area contributed by atoms with Gasteiger partial charge in [0.05, 0.1) is 26.1 Å². The number of ether oxygens (including phenoxy) is 6. The number of aromatic hydroxyl groups is 1. The minimum Gasteiger partial charge on any atom is -0.503 e.